The second kappa shape index (κ2) is 7.88. The van der Waals surface area contributed by atoms with Crippen molar-refractivity contribution >= 4 is 63.7 Å². The first-order chi connectivity index (χ1) is 10.4. The van der Waals surface area contributed by atoms with Crippen LogP contribution in [0, 0.1) is 12.3 Å². The Kier molecular flexibility index (Phi) is 6.95. The first-order valence-corrected chi connectivity index (χ1v) is 8.46. The van der Waals surface area contributed by atoms with Crippen LogP contribution in [-0.4, -0.2) is 21.0 Å². The van der Waals surface area contributed by atoms with Gasteiger partial charge in [0, 0.05) is 11.1 Å². The Hall–Kier alpha value is -0.750. The molecule has 0 bridgehead atoms. The van der Waals surface area contributed by atoms with Gasteiger partial charge in [-0.25, -0.2) is 0 Å². The van der Waals surface area contributed by atoms with Gasteiger partial charge in [0.1, 0.15) is 6.17 Å². The molecule has 0 aliphatic heterocycles. The molecule has 0 heterocycles. The average Bonchev–Trinajstić information content (AvgIpc) is 2.38. The first-order valence-electron chi connectivity index (χ1n) is 6.92. The fraction of sp³-hybridized carbons (Fsp3) is 0.467. The first kappa shape index (κ1) is 20.3. The van der Waals surface area contributed by atoms with Gasteiger partial charge in [-0.2, -0.15) is 0 Å². The van der Waals surface area contributed by atoms with E-state index in [9.17, 15) is 4.79 Å². The molecule has 1 aromatic rings. The quantitative estimate of drug-likeness (QED) is 0.408. The van der Waals surface area contributed by atoms with Gasteiger partial charge in [-0.15, -0.1) is 0 Å². The van der Waals surface area contributed by atoms with Gasteiger partial charge >= 0.3 is 0 Å². The Labute approximate surface area is 157 Å². The Morgan fingerprint density at radius 2 is 1.70 bits per heavy atom. The van der Waals surface area contributed by atoms with Crippen LogP contribution in [0.3, 0.4) is 0 Å². The number of halogens is 3. The largest absolute Gasteiger partial charge is 0.339 e. The van der Waals surface area contributed by atoms with Crippen LogP contribution < -0.4 is 16.0 Å². The summed E-state index contributed by atoms with van der Waals surface area (Å²) in [5, 5.41) is 8.74. The molecule has 1 rings (SSSR count). The van der Waals surface area contributed by atoms with E-state index in [1.54, 1.807) is 20.8 Å². The number of hydrogen-bond donors (Lipinski definition) is 3. The zero-order valence-electron chi connectivity index (χ0n) is 13.3. The van der Waals surface area contributed by atoms with Crippen molar-refractivity contribution in [3.63, 3.8) is 0 Å². The van der Waals surface area contributed by atoms with Gasteiger partial charge in [0.05, 0.1) is 0 Å². The molecule has 0 fully saturated rings. The van der Waals surface area contributed by atoms with E-state index in [0.717, 1.165) is 11.3 Å². The third kappa shape index (κ3) is 6.71. The SMILES string of the molecule is Cc1ccccc1NC(=S)N[C@@H](NC(=O)C(C)(C)C)C(Cl)(Cl)Cl. The van der Waals surface area contributed by atoms with Crippen LogP contribution in [0.5, 0.6) is 0 Å². The molecule has 4 nitrogen and oxygen atoms in total. The molecule has 0 unspecified atom stereocenters. The maximum atomic E-state index is 12.1. The standard InChI is InChI=1S/C15H20Cl3N3OS/c1-9-7-5-6-8-10(9)19-13(23)21-11(15(16,17)18)20-12(22)14(2,3)4/h5-8,11H,1-4H3,(H,20,22)(H2,19,21,23)/t11-/m1/s1. The van der Waals surface area contributed by atoms with Crippen molar-refractivity contribution < 1.29 is 4.79 Å². The number of rotatable bonds is 3. The number of nitrogens with one attached hydrogen (secondary N) is 3. The molecular formula is C15H20Cl3N3OS. The Morgan fingerprint density at radius 3 is 2.17 bits per heavy atom. The van der Waals surface area contributed by atoms with Crippen LogP contribution in [0.1, 0.15) is 26.3 Å². The lowest BCUT2D eigenvalue weighted by Gasteiger charge is -2.30. The van der Waals surface area contributed by atoms with Gasteiger partial charge in [0.2, 0.25) is 9.70 Å². The molecule has 23 heavy (non-hydrogen) atoms. The van der Waals surface area contributed by atoms with Crippen LogP contribution in [0.15, 0.2) is 24.3 Å². The normalized spacial score (nSPS) is 13.2. The second-order valence-corrected chi connectivity index (χ2v) is 8.89. The van der Waals surface area contributed by atoms with Crippen molar-refractivity contribution in [2.75, 3.05) is 5.32 Å². The van der Waals surface area contributed by atoms with Gasteiger partial charge in [0.25, 0.3) is 0 Å². The van der Waals surface area contributed by atoms with Crippen LogP contribution in [0.4, 0.5) is 5.69 Å². The number of alkyl halides is 3. The number of amides is 1. The number of aryl methyl sites for hydroxylation is 1. The maximum absolute atomic E-state index is 12.1. The lowest BCUT2D eigenvalue weighted by Crippen LogP contribution is -2.58. The number of hydrogen-bond acceptors (Lipinski definition) is 2. The van der Waals surface area contributed by atoms with Crippen molar-refractivity contribution in [3.05, 3.63) is 29.8 Å². The summed E-state index contributed by atoms with van der Waals surface area (Å²) in [4.78, 5) is 12.1. The number of carbonyl (C=O) groups excluding carboxylic acids is 1. The van der Waals surface area contributed by atoms with E-state index < -0.39 is 15.4 Å². The topological polar surface area (TPSA) is 53.2 Å². The summed E-state index contributed by atoms with van der Waals surface area (Å²) in [6.07, 6.45) is -0.969. The van der Waals surface area contributed by atoms with Crippen molar-refractivity contribution in [3.8, 4) is 0 Å². The molecule has 0 saturated carbocycles. The molecular weight excluding hydrogens is 377 g/mol. The average molecular weight is 397 g/mol. The molecule has 128 valence electrons. The molecule has 3 N–H and O–H groups in total. The zero-order chi connectivity index (χ0) is 17.8. The highest BCUT2D eigenvalue weighted by molar-refractivity contribution is 7.80. The summed E-state index contributed by atoms with van der Waals surface area (Å²) in [6, 6.07) is 7.62. The molecule has 1 amide bonds. The van der Waals surface area contributed by atoms with Crippen molar-refractivity contribution in [2.45, 2.75) is 37.7 Å². The van der Waals surface area contributed by atoms with Gasteiger partial charge in [0.15, 0.2) is 5.11 Å². The van der Waals surface area contributed by atoms with Gasteiger partial charge in [-0.3, -0.25) is 4.79 Å². The fourth-order valence-corrected chi connectivity index (χ4v) is 2.11. The summed E-state index contributed by atoms with van der Waals surface area (Å²) in [6.45, 7) is 7.24. The monoisotopic (exact) mass is 395 g/mol. The van der Waals surface area contributed by atoms with E-state index in [1.165, 1.54) is 0 Å². The molecule has 8 heteroatoms. The lowest BCUT2D eigenvalue weighted by atomic mass is 9.95. The number of anilines is 1. The number of carbonyl (C=O) groups is 1. The Morgan fingerprint density at radius 1 is 1.13 bits per heavy atom. The summed E-state index contributed by atoms with van der Waals surface area (Å²) in [5.74, 6) is -0.264. The van der Waals surface area contributed by atoms with E-state index >= 15 is 0 Å². The molecule has 0 saturated heterocycles. The Balaban J connectivity index is 2.80. The van der Waals surface area contributed by atoms with E-state index in [2.05, 4.69) is 16.0 Å². The lowest BCUT2D eigenvalue weighted by molar-refractivity contribution is -0.129. The fourth-order valence-electron chi connectivity index (χ4n) is 1.55. The molecule has 1 aromatic carbocycles. The highest BCUT2D eigenvalue weighted by Crippen LogP contribution is 2.30. The minimum Gasteiger partial charge on any atom is -0.339 e. The predicted molar refractivity (Wildman–Crippen MR) is 102 cm³/mol. The predicted octanol–water partition coefficient (Wildman–Crippen LogP) is 4.14. The van der Waals surface area contributed by atoms with Crippen LogP contribution >= 0.6 is 47.0 Å². The molecule has 0 aliphatic rings. The summed E-state index contributed by atoms with van der Waals surface area (Å²) >= 11 is 23.1. The van der Waals surface area contributed by atoms with E-state index in [0.29, 0.717) is 0 Å². The third-order valence-corrected chi connectivity index (χ3v) is 3.83. The van der Waals surface area contributed by atoms with E-state index in [4.69, 9.17) is 47.0 Å². The van der Waals surface area contributed by atoms with Gasteiger partial charge in [-0.1, -0.05) is 73.8 Å². The van der Waals surface area contributed by atoms with E-state index in [-0.39, 0.29) is 11.0 Å². The summed E-state index contributed by atoms with van der Waals surface area (Å²) < 4.78 is -1.77. The van der Waals surface area contributed by atoms with Gasteiger partial charge < -0.3 is 16.0 Å². The number of para-hydroxylation sites is 1. The number of thiocarbonyl (C=S) groups is 1. The highest BCUT2D eigenvalue weighted by Gasteiger charge is 2.36. The molecule has 1 atom stereocenters. The van der Waals surface area contributed by atoms with Crippen molar-refractivity contribution in [1.29, 1.82) is 0 Å². The van der Waals surface area contributed by atoms with Crippen LogP contribution in [-0.2, 0) is 4.79 Å². The van der Waals surface area contributed by atoms with Gasteiger partial charge in [-0.05, 0) is 30.8 Å². The minimum absolute atomic E-state index is 0.241. The van der Waals surface area contributed by atoms with Crippen molar-refractivity contribution in [1.82, 2.24) is 10.6 Å². The molecule has 0 radical (unpaired) electrons. The highest BCUT2D eigenvalue weighted by atomic mass is 35.6. The van der Waals surface area contributed by atoms with Crippen LogP contribution in [0.25, 0.3) is 0 Å². The molecule has 0 spiro atoms. The minimum atomic E-state index is -1.77. The third-order valence-electron chi connectivity index (χ3n) is 2.95. The van der Waals surface area contributed by atoms with E-state index in [1.807, 2.05) is 31.2 Å². The number of benzene rings is 1. The Bertz CT molecular complexity index is 582. The molecule has 0 aromatic heterocycles. The summed E-state index contributed by atoms with van der Waals surface area (Å²) in [7, 11) is 0. The smallest absolute Gasteiger partial charge is 0.228 e. The zero-order valence-corrected chi connectivity index (χ0v) is 16.4. The summed E-state index contributed by atoms with van der Waals surface area (Å²) in [5.41, 5.74) is 1.22. The van der Waals surface area contributed by atoms with Crippen LogP contribution in [0.2, 0.25) is 0 Å². The maximum Gasteiger partial charge on any atom is 0.228 e. The molecule has 0 aliphatic carbocycles. The second-order valence-electron chi connectivity index (χ2n) is 6.11. The van der Waals surface area contributed by atoms with Crippen molar-refractivity contribution in [2.24, 2.45) is 5.41 Å².